The smallest absolute Gasteiger partial charge is 0.475 e. The summed E-state index contributed by atoms with van der Waals surface area (Å²) in [4.78, 5) is 25.5. The van der Waals surface area contributed by atoms with Gasteiger partial charge in [0, 0.05) is 39.0 Å². The average Bonchev–Trinajstić information content (AvgIpc) is 3.27. The number of carboxylic acids is 1. The van der Waals surface area contributed by atoms with Gasteiger partial charge in [0.05, 0.1) is 12.0 Å². The molecule has 3 rings (SSSR count). The van der Waals surface area contributed by atoms with Crippen LogP contribution in [0.4, 0.5) is 13.2 Å². The molecule has 0 atom stereocenters. The molecule has 2 N–H and O–H groups in total. The lowest BCUT2D eigenvalue weighted by Crippen LogP contribution is -2.27. The van der Waals surface area contributed by atoms with Crippen molar-refractivity contribution in [2.24, 2.45) is 14.1 Å². The number of aromatic nitrogens is 3. The van der Waals surface area contributed by atoms with Crippen molar-refractivity contribution >= 4 is 11.9 Å². The van der Waals surface area contributed by atoms with Crippen LogP contribution in [0.1, 0.15) is 16.2 Å². The summed E-state index contributed by atoms with van der Waals surface area (Å²) in [5, 5.41) is 10.1. The number of rotatable bonds is 5. The Morgan fingerprint density at radius 1 is 1.10 bits per heavy atom. The first kappa shape index (κ1) is 22.7. The number of amides is 1. The van der Waals surface area contributed by atoms with Gasteiger partial charge in [0.25, 0.3) is 5.91 Å². The molecule has 1 aromatic carbocycles. The highest BCUT2D eigenvalue weighted by Crippen LogP contribution is 2.21. The van der Waals surface area contributed by atoms with Crippen molar-refractivity contribution in [1.82, 2.24) is 19.4 Å². The topological polar surface area (TPSA) is 89.2 Å². The van der Waals surface area contributed by atoms with E-state index in [1.165, 1.54) is 0 Å². The van der Waals surface area contributed by atoms with E-state index in [1.807, 2.05) is 71.9 Å². The molecule has 0 aliphatic heterocycles. The van der Waals surface area contributed by atoms with Crippen molar-refractivity contribution in [1.29, 1.82) is 0 Å². The van der Waals surface area contributed by atoms with Gasteiger partial charge < -0.3 is 19.6 Å². The van der Waals surface area contributed by atoms with Crippen LogP contribution in [0.15, 0.2) is 55.0 Å². The van der Waals surface area contributed by atoms with Gasteiger partial charge >= 0.3 is 12.1 Å². The summed E-state index contributed by atoms with van der Waals surface area (Å²) in [5.74, 6) is -2.82. The van der Waals surface area contributed by atoms with Crippen molar-refractivity contribution in [2.45, 2.75) is 12.6 Å². The molecule has 7 nitrogen and oxygen atoms in total. The number of hydrogen-bond acceptors (Lipinski definition) is 3. The number of halogens is 3. The normalized spacial score (nSPS) is 10.8. The Morgan fingerprint density at radius 3 is 2.27 bits per heavy atom. The number of alkyl halides is 3. The first-order valence-electron chi connectivity index (χ1n) is 8.86. The van der Waals surface area contributed by atoms with Gasteiger partial charge in [-0.1, -0.05) is 30.3 Å². The molecule has 0 radical (unpaired) electrons. The summed E-state index contributed by atoms with van der Waals surface area (Å²) >= 11 is 0. The number of imidazole rings is 1. The van der Waals surface area contributed by atoms with Gasteiger partial charge in [-0.25, -0.2) is 9.78 Å². The van der Waals surface area contributed by atoms with E-state index in [4.69, 9.17) is 9.90 Å². The lowest BCUT2D eigenvalue weighted by molar-refractivity contribution is -0.192. The zero-order chi connectivity index (χ0) is 22.3. The molecule has 2 heterocycles. The Bertz CT molecular complexity index is 994. The molecule has 160 valence electrons. The van der Waals surface area contributed by atoms with Crippen LogP contribution in [-0.4, -0.2) is 43.8 Å². The van der Waals surface area contributed by atoms with Crippen LogP contribution in [0.3, 0.4) is 0 Å². The first-order chi connectivity index (χ1) is 14.1. The van der Waals surface area contributed by atoms with E-state index in [-0.39, 0.29) is 5.91 Å². The molecule has 0 aliphatic carbocycles. The largest absolute Gasteiger partial charge is 0.490 e. The van der Waals surface area contributed by atoms with Gasteiger partial charge in [-0.3, -0.25) is 4.79 Å². The molecule has 0 saturated heterocycles. The number of hydrogen-bond donors (Lipinski definition) is 2. The van der Waals surface area contributed by atoms with E-state index in [0.29, 0.717) is 12.2 Å². The molecule has 10 heteroatoms. The molecule has 2 aromatic heterocycles. The number of benzene rings is 1. The second kappa shape index (κ2) is 9.77. The van der Waals surface area contributed by atoms with E-state index in [2.05, 4.69) is 10.3 Å². The maximum atomic E-state index is 12.3. The summed E-state index contributed by atoms with van der Waals surface area (Å²) in [7, 11) is 3.85. The maximum absolute atomic E-state index is 12.3. The fourth-order valence-corrected chi connectivity index (χ4v) is 2.63. The summed E-state index contributed by atoms with van der Waals surface area (Å²) in [6.45, 7) is 0.571. The van der Waals surface area contributed by atoms with E-state index < -0.39 is 12.1 Å². The van der Waals surface area contributed by atoms with E-state index in [0.717, 1.165) is 23.4 Å². The Morgan fingerprint density at radius 2 is 1.73 bits per heavy atom. The molecule has 1 amide bonds. The van der Waals surface area contributed by atoms with Crippen molar-refractivity contribution in [2.75, 3.05) is 6.54 Å². The van der Waals surface area contributed by atoms with Gasteiger partial charge in [-0.2, -0.15) is 13.2 Å². The Hall–Kier alpha value is -3.56. The summed E-state index contributed by atoms with van der Waals surface area (Å²) in [5.41, 5.74) is 3.76. The third-order valence-corrected chi connectivity index (χ3v) is 4.09. The molecule has 0 fully saturated rings. The molecule has 0 aliphatic rings. The highest BCUT2D eigenvalue weighted by atomic mass is 19.4. The number of carboxylic acid groups (broad SMARTS) is 1. The number of aliphatic carboxylic acids is 1. The number of nitrogens with zero attached hydrogens (tertiary/aromatic N) is 3. The minimum absolute atomic E-state index is 0.0642. The summed E-state index contributed by atoms with van der Waals surface area (Å²) in [6, 6.07) is 13.9. The van der Waals surface area contributed by atoms with Gasteiger partial charge in [0.2, 0.25) is 0 Å². The van der Waals surface area contributed by atoms with Crippen molar-refractivity contribution in [3.05, 3.63) is 66.4 Å². The second-order valence-electron chi connectivity index (χ2n) is 6.37. The van der Waals surface area contributed by atoms with Gasteiger partial charge in [-0.15, -0.1) is 0 Å². The van der Waals surface area contributed by atoms with Crippen LogP contribution in [0.2, 0.25) is 0 Å². The minimum atomic E-state index is -5.08. The number of aryl methyl sites for hydroxylation is 1. The molecule has 3 aromatic rings. The first-order valence-corrected chi connectivity index (χ1v) is 8.86. The van der Waals surface area contributed by atoms with Gasteiger partial charge in [0.15, 0.2) is 0 Å². The molecular formula is C20H21F3N4O3. The number of carbonyl (C=O) groups is 2. The Kier molecular flexibility index (Phi) is 7.40. The quantitative estimate of drug-likeness (QED) is 0.662. The van der Waals surface area contributed by atoms with E-state index in [1.54, 1.807) is 6.33 Å². The monoisotopic (exact) mass is 422 g/mol. The number of carbonyl (C=O) groups excluding carboxylic acids is 1. The van der Waals surface area contributed by atoms with Crippen LogP contribution in [0, 0.1) is 0 Å². The minimum Gasteiger partial charge on any atom is -0.475 e. The van der Waals surface area contributed by atoms with Crippen molar-refractivity contribution in [3.63, 3.8) is 0 Å². The lowest BCUT2D eigenvalue weighted by Gasteiger charge is -2.08. The second-order valence-corrected chi connectivity index (χ2v) is 6.37. The van der Waals surface area contributed by atoms with Gasteiger partial charge in [-0.05, 0) is 17.7 Å². The highest BCUT2D eigenvalue weighted by molar-refractivity contribution is 5.93. The van der Waals surface area contributed by atoms with Gasteiger partial charge in [0.1, 0.15) is 5.69 Å². The van der Waals surface area contributed by atoms with Crippen LogP contribution in [0.25, 0.3) is 11.3 Å². The zero-order valence-electron chi connectivity index (χ0n) is 16.3. The van der Waals surface area contributed by atoms with E-state index in [9.17, 15) is 18.0 Å². The lowest BCUT2D eigenvalue weighted by atomic mass is 10.2. The van der Waals surface area contributed by atoms with Crippen molar-refractivity contribution in [3.8, 4) is 11.3 Å². The molecule has 0 bridgehead atoms. The van der Waals surface area contributed by atoms with Crippen molar-refractivity contribution < 1.29 is 27.9 Å². The van der Waals surface area contributed by atoms with Crippen LogP contribution < -0.4 is 5.32 Å². The fraction of sp³-hybridized carbons (Fsp3) is 0.250. The van der Waals surface area contributed by atoms with Crippen LogP contribution in [0.5, 0.6) is 0 Å². The third-order valence-electron chi connectivity index (χ3n) is 4.09. The molecule has 0 unspecified atom stereocenters. The standard InChI is InChI=1S/C18H20N4O.C2HF3O2/c1-21-12-15(20-13-21)10-11-19-18(23)17-9-8-16(22(17)2)14-6-4-3-5-7-14;3-2(4,5)1(6)7/h3-9,12-13H,10-11H2,1-2H3,(H,19,23);(H,6,7). The average molecular weight is 422 g/mol. The zero-order valence-corrected chi connectivity index (χ0v) is 16.3. The maximum Gasteiger partial charge on any atom is 0.490 e. The van der Waals surface area contributed by atoms with Crippen LogP contribution in [-0.2, 0) is 25.3 Å². The molecule has 0 saturated carbocycles. The summed E-state index contributed by atoms with van der Waals surface area (Å²) < 4.78 is 35.6. The predicted octanol–water partition coefficient (Wildman–Crippen LogP) is 3.03. The van der Waals surface area contributed by atoms with E-state index >= 15 is 0 Å². The highest BCUT2D eigenvalue weighted by Gasteiger charge is 2.38. The summed E-state index contributed by atoms with van der Waals surface area (Å²) in [6.07, 6.45) is -0.634. The molecular weight excluding hydrogens is 401 g/mol. The fourth-order valence-electron chi connectivity index (χ4n) is 2.63. The Balaban J connectivity index is 0.000000396. The predicted molar refractivity (Wildman–Crippen MR) is 104 cm³/mol. The number of nitrogens with one attached hydrogen (secondary N) is 1. The SMILES string of the molecule is Cn1cnc(CCNC(=O)c2ccc(-c3ccccc3)n2C)c1.O=C(O)C(F)(F)F. The Labute approximate surface area is 170 Å². The van der Waals surface area contributed by atoms with Crippen LogP contribution >= 0.6 is 0 Å². The third kappa shape index (κ3) is 6.23. The molecule has 0 spiro atoms. The molecule has 30 heavy (non-hydrogen) atoms.